The number of carbonyl (C=O) groups is 1. The second-order valence-electron chi connectivity index (χ2n) is 8.70. The summed E-state index contributed by atoms with van der Waals surface area (Å²) in [5.74, 6) is -0.593. The van der Waals surface area contributed by atoms with Crippen molar-refractivity contribution in [2.24, 2.45) is 0 Å². The van der Waals surface area contributed by atoms with Gasteiger partial charge in [-0.1, -0.05) is 91.0 Å². The number of rotatable bonds is 6. The van der Waals surface area contributed by atoms with Crippen molar-refractivity contribution >= 4 is 11.5 Å². The molecule has 0 saturated carbocycles. The molecule has 174 valence electrons. The maximum Gasteiger partial charge on any atom is 0.282 e. The Morgan fingerprint density at radius 1 is 0.829 bits per heavy atom. The Morgan fingerprint density at radius 3 is 2.26 bits per heavy atom. The highest BCUT2D eigenvalue weighted by Gasteiger charge is 2.62. The summed E-state index contributed by atoms with van der Waals surface area (Å²) in [5.41, 5.74) is 4.16. The molecule has 5 heteroatoms. The summed E-state index contributed by atoms with van der Waals surface area (Å²) in [5, 5.41) is 0. The van der Waals surface area contributed by atoms with E-state index in [4.69, 9.17) is 14.2 Å². The fourth-order valence-electron chi connectivity index (χ4n) is 5.20. The zero-order chi connectivity index (χ0) is 23.8. The Labute approximate surface area is 204 Å². The first-order chi connectivity index (χ1) is 17.2. The monoisotopic (exact) mass is 463 g/mol. The Hall–Kier alpha value is -3.93. The molecule has 3 atom stereocenters. The summed E-state index contributed by atoms with van der Waals surface area (Å²) >= 11 is 0. The molecule has 0 amide bonds. The van der Waals surface area contributed by atoms with Gasteiger partial charge in [0.25, 0.3) is 5.91 Å². The molecule has 2 heterocycles. The number of fused-ring (bicyclic) bond motifs is 4. The molecule has 0 spiro atoms. The molecular formula is C30H25NO4. The van der Waals surface area contributed by atoms with Crippen LogP contribution in [0.3, 0.4) is 0 Å². The van der Waals surface area contributed by atoms with E-state index in [1.807, 2.05) is 109 Å². The number of anilines is 1. The Balaban J connectivity index is 1.50. The Kier molecular flexibility index (Phi) is 5.36. The van der Waals surface area contributed by atoms with Gasteiger partial charge in [-0.2, -0.15) is 0 Å². The smallest absolute Gasteiger partial charge is 0.282 e. The molecule has 2 aliphatic rings. The number of nitrogens with zero attached hydrogens (tertiary/aromatic N) is 1. The molecule has 0 aromatic heterocycles. The Bertz CT molecular complexity index is 1360. The van der Waals surface area contributed by atoms with Crippen LogP contribution in [0, 0.1) is 0 Å². The fraction of sp³-hybridized carbons (Fsp3) is 0.167. The van der Waals surface area contributed by atoms with E-state index in [2.05, 4.69) is 4.90 Å². The van der Waals surface area contributed by atoms with Crippen LogP contribution in [0.15, 0.2) is 109 Å². The maximum atomic E-state index is 13.7. The average molecular weight is 464 g/mol. The van der Waals surface area contributed by atoms with E-state index in [9.17, 15) is 4.79 Å². The lowest BCUT2D eigenvalue weighted by Crippen LogP contribution is -2.46. The van der Waals surface area contributed by atoms with Gasteiger partial charge in [-0.15, -0.1) is 0 Å². The van der Waals surface area contributed by atoms with E-state index in [0.29, 0.717) is 23.5 Å². The second-order valence-corrected chi connectivity index (χ2v) is 8.70. The fourth-order valence-corrected chi connectivity index (χ4v) is 5.20. The molecule has 6 rings (SSSR count). The summed E-state index contributed by atoms with van der Waals surface area (Å²) in [7, 11) is 1.62. The van der Waals surface area contributed by atoms with Gasteiger partial charge < -0.3 is 19.1 Å². The first-order valence-corrected chi connectivity index (χ1v) is 11.7. The highest BCUT2D eigenvalue weighted by Crippen LogP contribution is 2.55. The maximum absolute atomic E-state index is 13.7. The largest absolute Gasteiger partial charge is 0.489 e. The van der Waals surface area contributed by atoms with Crippen molar-refractivity contribution in [2.75, 3.05) is 12.0 Å². The molecule has 4 aromatic carbocycles. The minimum atomic E-state index is -1.24. The molecule has 0 N–H and O–H groups in total. The van der Waals surface area contributed by atoms with Crippen LogP contribution in [0.5, 0.6) is 5.75 Å². The molecule has 5 nitrogen and oxygen atoms in total. The van der Waals surface area contributed by atoms with Gasteiger partial charge in [-0.3, -0.25) is 4.79 Å². The van der Waals surface area contributed by atoms with Gasteiger partial charge in [0, 0.05) is 29.5 Å². The van der Waals surface area contributed by atoms with Crippen LogP contribution in [0.2, 0.25) is 0 Å². The lowest BCUT2D eigenvalue weighted by atomic mass is 9.92. The van der Waals surface area contributed by atoms with Crippen molar-refractivity contribution in [1.82, 2.24) is 0 Å². The summed E-state index contributed by atoms with van der Waals surface area (Å²) < 4.78 is 19.0. The number of para-hydroxylation sites is 2. The van der Waals surface area contributed by atoms with E-state index in [1.165, 1.54) is 0 Å². The molecule has 2 bridgehead atoms. The van der Waals surface area contributed by atoms with E-state index >= 15 is 0 Å². The molecule has 1 fully saturated rings. The summed E-state index contributed by atoms with van der Waals surface area (Å²) in [4.78, 5) is 15.8. The second kappa shape index (κ2) is 8.69. The van der Waals surface area contributed by atoms with Gasteiger partial charge in [-0.05, 0) is 23.8 Å². The normalized spacial score (nSPS) is 22.7. The number of hydrogen-bond acceptors (Lipinski definition) is 5. The standard InChI is InChI=1S/C30H25NO4/c1-33-30-25-18-10-8-16-23(25)28(32)29(35-30)27(31(30)22-14-6-3-7-15-22)24-17-9-11-19-26(24)34-20-21-12-4-2-5-13-21/h2-19,27,29H,20H2,1H3/t27-,29-,30-/m1/s1. The van der Waals surface area contributed by atoms with E-state index < -0.39 is 18.1 Å². The number of hydrogen-bond donors (Lipinski definition) is 0. The van der Waals surface area contributed by atoms with Crippen LogP contribution < -0.4 is 9.64 Å². The first-order valence-electron chi connectivity index (χ1n) is 11.7. The molecule has 0 radical (unpaired) electrons. The number of carbonyl (C=O) groups excluding carboxylic acids is 1. The number of benzene rings is 4. The number of methoxy groups -OCH3 is 1. The first kappa shape index (κ1) is 21.6. The van der Waals surface area contributed by atoms with Gasteiger partial charge in [0.1, 0.15) is 12.4 Å². The summed E-state index contributed by atoms with van der Waals surface area (Å²) in [6.45, 7) is 0.422. The number of Topliss-reactive ketones (excluding diaryl/α,β-unsaturated/α-hetero) is 1. The predicted octanol–water partition coefficient (Wildman–Crippen LogP) is 5.87. The molecular weight excluding hydrogens is 438 g/mol. The van der Waals surface area contributed by atoms with Crippen LogP contribution in [-0.4, -0.2) is 19.0 Å². The van der Waals surface area contributed by atoms with Gasteiger partial charge in [0.2, 0.25) is 0 Å². The molecule has 0 unspecified atom stereocenters. The minimum absolute atomic E-state index is 0.0606. The molecule has 0 aliphatic carbocycles. The summed E-state index contributed by atoms with van der Waals surface area (Å²) in [6, 6.07) is 34.9. The SMILES string of the molecule is CO[C@@]12O[C@@H](C(=O)c3ccccc31)[C@@H](c1ccccc1OCc1ccccc1)N2c1ccccc1. The average Bonchev–Trinajstić information content (AvgIpc) is 3.25. The molecule has 2 aliphatic heterocycles. The highest BCUT2D eigenvalue weighted by molar-refractivity contribution is 6.04. The van der Waals surface area contributed by atoms with Gasteiger partial charge in [0.05, 0.1) is 6.04 Å². The van der Waals surface area contributed by atoms with Crippen LogP contribution >= 0.6 is 0 Å². The number of ketones is 1. The van der Waals surface area contributed by atoms with Crippen molar-refractivity contribution in [1.29, 1.82) is 0 Å². The molecule has 35 heavy (non-hydrogen) atoms. The molecule has 1 saturated heterocycles. The van der Waals surface area contributed by atoms with E-state index in [0.717, 1.165) is 16.8 Å². The third kappa shape index (κ3) is 3.43. The lowest BCUT2D eigenvalue weighted by molar-refractivity contribution is -0.215. The quantitative estimate of drug-likeness (QED) is 0.358. The third-order valence-electron chi connectivity index (χ3n) is 6.75. The van der Waals surface area contributed by atoms with Crippen LogP contribution in [0.25, 0.3) is 0 Å². The topological polar surface area (TPSA) is 48.0 Å². The third-order valence-corrected chi connectivity index (χ3v) is 6.75. The van der Waals surface area contributed by atoms with Crippen LogP contribution in [0.4, 0.5) is 5.69 Å². The van der Waals surface area contributed by atoms with Crippen molar-refractivity contribution in [3.63, 3.8) is 0 Å². The zero-order valence-corrected chi connectivity index (χ0v) is 19.3. The van der Waals surface area contributed by atoms with Gasteiger partial charge in [0.15, 0.2) is 11.9 Å². The van der Waals surface area contributed by atoms with Crippen LogP contribution in [0.1, 0.15) is 33.1 Å². The Morgan fingerprint density at radius 2 is 1.49 bits per heavy atom. The predicted molar refractivity (Wildman–Crippen MR) is 133 cm³/mol. The van der Waals surface area contributed by atoms with E-state index in [-0.39, 0.29) is 5.78 Å². The summed E-state index contributed by atoms with van der Waals surface area (Å²) in [6.07, 6.45) is -0.758. The van der Waals surface area contributed by atoms with Crippen molar-refractivity contribution in [3.05, 3.63) is 131 Å². The lowest BCUT2D eigenvalue weighted by Gasteiger charge is -2.40. The minimum Gasteiger partial charge on any atom is -0.489 e. The van der Waals surface area contributed by atoms with Gasteiger partial charge >= 0.3 is 0 Å². The van der Waals surface area contributed by atoms with Crippen molar-refractivity contribution < 1.29 is 19.0 Å². The highest BCUT2D eigenvalue weighted by atomic mass is 16.7. The van der Waals surface area contributed by atoms with Crippen molar-refractivity contribution in [2.45, 2.75) is 24.7 Å². The van der Waals surface area contributed by atoms with Gasteiger partial charge in [-0.25, -0.2) is 0 Å². The molecule has 4 aromatic rings. The zero-order valence-electron chi connectivity index (χ0n) is 19.3. The van der Waals surface area contributed by atoms with E-state index in [1.54, 1.807) is 7.11 Å². The number of ether oxygens (including phenoxy) is 3. The van der Waals surface area contributed by atoms with Crippen molar-refractivity contribution in [3.8, 4) is 5.75 Å². The van der Waals surface area contributed by atoms with Crippen LogP contribution in [-0.2, 0) is 22.0 Å².